The Kier molecular flexibility index (Phi) is 3.73. The third kappa shape index (κ3) is 4.08. The van der Waals surface area contributed by atoms with E-state index >= 15 is 0 Å². The standard InChI is InChI=1S/C7H11FO3S2/c8-13(10,11)5-7(9)6-1-3-12-4-2-6/h6H,1-5H2. The molecule has 1 aliphatic rings. The normalized spacial score (nSPS) is 20.1. The third-order valence-corrected chi connectivity index (χ3v) is 3.67. The number of halogens is 1. The van der Waals surface area contributed by atoms with Gasteiger partial charge in [0.15, 0.2) is 5.78 Å². The van der Waals surface area contributed by atoms with Gasteiger partial charge in [-0.3, -0.25) is 4.79 Å². The Labute approximate surface area is 81.3 Å². The largest absolute Gasteiger partial charge is 0.309 e. The molecule has 13 heavy (non-hydrogen) atoms. The fraction of sp³-hybridized carbons (Fsp3) is 0.857. The first kappa shape index (κ1) is 11.0. The first-order valence-electron chi connectivity index (χ1n) is 4.02. The molecule has 0 spiro atoms. The molecule has 1 rings (SSSR count). The van der Waals surface area contributed by atoms with Gasteiger partial charge < -0.3 is 0 Å². The van der Waals surface area contributed by atoms with Crippen molar-refractivity contribution in [2.45, 2.75) is 12.8 Å². The number of hydrogen-bond acceptors (Lipinski definition) is 4. The SMILES string of the molecule is O=C(CS(=O)(=O)F)C1CCSCC1. The quantitative estimate of drug-likeness (QED) is 0.674. The molecule has 1 saturated heterocycles. The molecule has 1 heterocycles. The maximum atomic E-state index is 12.1. The lowest BCUT2D eigenvalue weighted by Gasteiger charge is -2.18. The van der Waals surface area contributed by atoms with Crippen LogP contribution in [0.4, 0.5) is 3.89 Å². The lowest BCUT2D eigenvalue weighted by molar-refractivity contribution is -0.120. The molecule has 0 saturated carbocycles. The second-order valence-electron chi connectivity index (χ2n) is 3.04. The first-order chi connectivity index (χ1) is 5.99. The predicted octanol–water partition coefficient (Wildman–Crippen LogP) is 0.998. The molecular weight excluding hydrogens is 215 g/mol. The molecule has 1 aliphatic heterocycles. The zero-order valence-corrected chi connectivity index (χ0v) is 8.67. The summed E-state index contributed by atoms with van der Waals surface area (Å²) in [4.78, 5) is 11.2. The van der Waals surface area contributed by atoms with Crippen LogP contribution in [0.1, 0.15) is 12.8 Å². The second kappa shape index (κ2) is 4.41. The van der Waals surface area contributed by atoms with Gasteiger partial charge in [-0.2, -0.15) is 20.2 Å². The zero-order valence-electron chi connectivity index (χ0n) is 7.03. The van der Waals surface area contributed by atoms with E-state index in [1.54, 1.807) is 11.8 Å². The van der Waals surface area contributed by atoms with E-state index in [1.807, 2.05) is 0 Å². The van der Waals surface area contributed by atoms with E-state index in [-0.39, 0.29) is 5.92 Å². The van der Waals surface area contributed by atoms with Crippen LogP contribution in [0.25, 0.3) is 0 Å². The highest BCUT2D eigenvalue weighted by Crippen LogP contribution is 2.23. The van der Waals surface area contributed by atoms with Crippen LogP contribution in [-0.2, 0) is 15.0 Å². The number of hydrogen-bond donors (Lipinski definition) is 0. The van der Waals surface area contributed by atoms with E-state index in [9.17, 15) is 17.1 Å². The van der Waals surface area contributed by atoms with Gasteiger partial charge in [-0.1, -0.05) is 0 Å². The van der Waals surface area contributed by atoms with Crippen molar-refractivity contribution >= 4 is 27.8 Å². The number of thioether (sulfide) groups is 1. The van der Waals surface area contributed by atoms with Gasteiger partial charge in [0.25, 0.3) is 0 Å². The molecule has 0 unspecified atom stereocenters. The van der Waals surface area contributed by atoms with Gasteiger partial charge >= 0.3 is 10.2 Å². The maximum Gasteiger partial charge on any atom is 0.309 e. The second-order valence-corrected chi connectivity index (χ2v) is 5.63. The average molecular weight is 226 g/mol. The van der Waals surface area contributed by atoms with E-state index in [1.165, 1.54) is 0 Å². The molecular formula is C7H11FO3S2. The fourth-order valence-electron chi connectivity index (χ4n) is 1.31. The summed E-state index contributed by atoms with van der Waals surface area (Å²) in [7, 11) is -4.63. The van der Waals surface area contributed by atoms with Crippen LogP contribution in [-0.4, -0.2) is 31.5 Å². The molecule has 0 N–H and O–H groups in total. The number of ketones is 1. The lowest BCUT2D eigenvalue weighted by atomic mass is 9.99. The van der Waals surface area contributed by atoms with Crippen molar-refractivity contribution in [1.82, 2.24) is 0 Å². The summed E-state index contributed by atoms with van der Waals surface area (Å²) in [5.74, 6) is 0.0722. The van der Waals surface area contributed by atoms with Gasteiger partial charge in [-0.05, 0) is 24.3 Å². The van der Waals surface area contributed by atoms with Gasteiger partial charge in [0, 0.05) is 5.92 Å². The van der Waals surface area contributed by atoms with Crippen LogP contribution < -0.4 is 0 Å². The molecule has 0 amide bonds. The minimum Gasteiger partial charge on any atom is -0.298 e. The van der Waals surface area contributed by atoms with E-state index in [2.05, 4.69) is 0 Å². The van der Waals surface area contributed by atoms with E-state index in [0.29, 0.717) is 12.8 Å². The summed E-state index contributed by atoms with van der Waals surface area (Å²) in [5, 5.41) is 0. The number of rotatable bonds is 3. The summed E-state index contributed by atoms with van der Waals surface area (Å²) in [5.41, 5.74) is 0. The minimum absolute atomic E-state index is 0.244. The van der Waals surface area contributed by atoms with Crippen LogP contribution in [0.5, 0.6) is 0 Å². The molecule has 0 aromatic heterocycles. The van der Waals surface area contributed by atoms with Gasteiger partial charge in [0.2, 0.25) is 0 Å². The molecule has 0 aromatic carbocycles. The van der Waals surface area contributed by atoms with Crippen molar-refractivity contribution in [2.24, 2.45) is 5.92 Å². The Morgan fingerprint density at radius 3 is 2.38 bits per heavy atom. The van der Waals surface area contributed by atoms with E-state index in [0.717, 1.165) is 11.5 Å². The number of Topliss-reactive ketones (excluding diaryl/α,β-unsaturated/α-hetero) is 1. The Morgan fingerprint density at radius 2 is 1.92 bits per heavy atom. The Hall–Kier alpha value is -0.100. The predicted molar refractivity (Wildman–Crippen MR) is 50.0 cm³/mol. The van der Waals surface area contributed by atoms with Crippen molar-refractivity contribution in [3.63, 3.8) is 0 Å². The third-order valence-electron chi connectivity index (χ3n) is 1.99. The number of carbonyl (C=O) groups is 1. The molecule has 0 atom stereocenters. The van der Waals surface area contributed by atoms with Crippen LogP contribution >= 0.6 is 11.8 Å². The van der Waals surface area contributed by atoms with Crippen LogP contribution in [0.2, 0.25) is 0 Å². The summed E-state index contributed by atoms with van der Waals surface area (Å²) in [6.45, 7) is 0. The topological polar surface area (TPSA) is 51.2 Å². The molecule has 6 heteroatoms. The lowest BCUT2D eigenvalue weighted by Crippen LogP contribution is -2.25. The summed E-state index contributed by atoms with van der Waals surface area (Å²) >= 11 is 1.74. The molecule has 0 radical (unpaired) electrons. The van der Waals surface area contributed by atoms with Crippen molar-refractivity contribution in [1.29, 1.82) is 0 Å². The first-order valence-corrected chi connectivity index (χ1v) is 6.72. The summed E-state index contributed by atoms with van der Waals surface area (Å²) < 4.78 is 32.5. The minimum atomic E-state index is -4.63. The molecule has 0 aliphatic carbocycles. The van der Waals surface area contributed by atoms with Crippen molar-refractivity contribution in [3.8, 4) is 0 Å². The van der Waals surface area contributed by atoms with Crippen LogP contribution in [0.15, 0.2) is 0 Å². The number of carbonyl (C=O) groups excluding carboxylic acids is 1. The smallest absolute Gasteiger partial charge is 0.298 e. The van der Waals surface area contributed by atoms with Gasteiger partial charge in [-0.25, -0.2) is 0 Å². The van der Waals surface area contributed by atoms with Crippen molar-refractivity contribution < 1.29 is 17.1 Å². The molecule has 3 nitrogen and oxygen atoms in total. The Morgan fingerprint density at radius 1 is 1.38 bits per heavy atom. The molecule has 0 bridgehead atoms. The van der Waals surface area contributed by atoms with Crippen LogP contribution in [0, 0.1) is 5.92 Å². The molecule has 76 valence electrons. The summed E-state index contributed by atoms with van der Waals surface area (Å²) in [6, 6.07) is 0. The van der Waals surface area contributed by atoms with E-state index < -0.39 is 21.8 Å². The molecule has 1 fully saturated rings. The highest BCUT2D eigenvalue weighted by atomic mass is 32.3. The average Bonchev–Trinajstić information content (AvgIpc) is 2.03. The fourth-order valence-corrected chi connectivity index (χ4v) is 2.99. The van der Waals surface area contributed by atoms with E-state index in [4.69, 9.17) is 0 Å². The van der Waals surface area contributed by atoms with Crippen molar-refractivity contribution in [2.75, 3.05) is 17.3 Å². The summed E-state index contributed by atoms with van der Waals surface area (Å²) in [6.07, 6.45) is 1.36. The Balaban J connectivity index is 2.47. The van der Waals surface area contributed by atoms with Gasteiger partial charge in [-0.15, -0.1) is 3.89 Å². The zero-order chi connectivity index (χ0) is 9.90. The highest BCUT2D eigenvalue weighted by molar-refractivity contribution is 7.99. The Bertz CT molecular complexity index is 280. The van der Waals surface area contributed by atoms with Gasteiger partial charge in [0.1, 0.15) is 5.75 Å². The highest BCUT2D eigenvalue weighted by Gasteiger charge is 2.25. The monoisotopic (exact) mass is 226 g/mol. The molecule has 0 aromatic rings. The van der Waals surface area contributed by atoms with Gasteiger partial charge in [0.05, 0.1) is 0 Å². The van der Waals surface area contributed by atoms with Crippen molar-refractivity contribution in [3.05, 3.63) is 0 Å². The van der Waals surface area contributed by atoms with Crippen LogP contribution in [0.3, 0.4) is 0 Å². The maximum absolute atomic E-state index is 12.1.